The Kier molecular flexibility index (Phi) is 4.49. The molecule has 0 radical (unpaired) electrons. The Hall–Kier alpha value is -1.91. The highest BCUT2D eigenvalue weighted by atomic mass is 19.1. The first-order chi connectivity index (χ1) is 9.15. The zero-order valence-electron chi connectivity index (χ0n) is 10.5. The third-order valence-electron chi connectivity index (χ3n) is 3.11. The van der Waals surface area contributed by atoms with Crippen LogP contribution in [0.3, 0.4) is 0 Å². The quantitative estimate of drug-likeness (QED) is 0.660. The molecule has 5 heteroatoms. The number of anilines is 1. The van der Waals surface area contributed by atoms with Crippen LogP contribution >= 0.6 is 0 Å². The molecule has 0 aliphatic heterocycles. The molecule has 102 valence electrons. The Morgan fingerprint density at radius 3 is 2.37 bits per heavy atom. The van der Waals surface area contributed by atoms with Crippen LogP contribution in [0.15, 0.2) is 24.3 Å². The van der Waals surface area contributed by atoms with Gasteiger partial charge in [-0.2, -0.15) is 0 Å². The summed E-state index contributed by atoms with van der Waals surface area (Å²) >= 11 is 0. The van der Waals surface area contributed by atoms with Gasteiger partial charge >= 0.3 is 11.9 Å². The number of benzene rings is 1. The van der Waals surface area contributed by atoms with Crippen molar-refractivity contribution < 1.29 is 18.7 Å². The van der Waals surface area contributed by atoms with Crippen molar-refractivity contribution in [2.45, 2.75) is 38.2 Å². The van der Waals surface area contributed by atoms with Crippen LogP contribution in [0.25, 0.3) is 0 Å². The lowest BCUT2D eigenvalue weighted by molar-refractivity contribution is -0.157. The first-order valence-electron chi connectivity index (χ1n) is 6.42. The standard InChI is InChI=1S/C14H16FNO3/c15-10-6-8-11(9-7-10)16-13(17)14(18)19-12-4-2-1-3-5-12/h6-9,12H,1-5H2,(H,16,17). The van der Waals surface area contributed by atoms with Crippen LogP contribution in [0.1, 0.15) is 32.1 Å². The van der Waals surface area contributed by atoms with Gasteiger partial charge in [0, 0.05) is 5.69 Å². The topological polar surface area (TPSA) is 55.4 Å². The van der Waals surface area contributed by atoms with Crippen molar-refractivity contribution in [3.8, 4) is 0 Å². The summed E-state index contributed by atoms with van der Waals surface area (Å²) in [5.41, 5.74) is 0.368. The third-order valence-corrected chi connectivity index (χ3v) is 3.11. The molecular formula is C14H16FNO3. The maximum Gasteiger partial charge on any atom is 0.397 e. The maximum atomic E-state index is 12.7. The van der Waals surface area contributed by atoms with Crippen molar-refractivity contribution in [3.05, 3.63) is 30.1 Å². The van der Waals surface area contributed by atoms with Crippen LogP contribution in [0.5, 0.6) is 0 Å². The Bertz CT molecular complexity index is 452. The highest BCUT2D eigenvalue weighted by Crippen LogP contribution is 2.20. The molecule has 0 aromatic heterocycles. The molecule has 1 aliphatic rings. The van der Waals surface area contributed by atoms with Crippen molar-refractivity contribution >= 4 is 17.6 Å². The van der Waals surface area contributed by atoms with Crippen molar-refractivity contribution in [3.63, 3.8) is 0 Å². The lowest BCUT2D eigenvalue weighted by atomic mass is 9.98. The number of rotatable bonds is 2. The van der Waals surface area contributed by atoms with E-state index in [1.54, 1.807) is 0 Å². The number of amides is 1. The van der Waals surface area contributed by atoms with Crippen LogP contribution in [0.2, 0.25) is 0 Å². The van der Waals surface area contributed by atoms with E-state index in [1.807, 2.05) is 0 Å². The second-order valence-electron chi connectivity index (χ2n) is 4.63. The molecule has 19 heavy (non-hydrogen) atoms. The van der Waals surface area contributed by atoms with E-state index in [1.165, 1.54) is 24.3 Å². The van der Waals surface area contributed by atoms with Gasteiger partial charge in [-0.3, -0.25) is 4.79 Å². The highest BCUT2D eigenvalue weighted by Gasteiger charge is 2.22. The Balaban J connectivity index is 1.84. The lowest BCUT2D eigenvalue weighted by Crippen LogP contribution is -2.30. The largest absolute Gasteiger partial charge is 0.455 e. The SMILES string of the molecule is O=C(Nc1ccc(F)cc1)C(=O)OC1CCCCC1. The molecule has 1 saturated carbocycles. The number of carbonyl (C=O) groups excluding carboxylic acids is 2. The van der Waals surface area contributed by atoms with Crippen molar-refractivity contribution in [1.29, 1.82) is 0 Å². The van der Waals surface area contributed by atoms with Gasteiger partial charge in [-0.1, -0.05) is 6.42 Å². The predicted octanol–water partition coefficient (Wildman–Crippen LogP) is 2.64. The summed E-state index contributed by atoms with van der Waals surface area (Å²) in [5, 5.41) is 2.38. The Morgan fingerprint density at radius 1 is 1.11 bits per heavy atom. The number of nitrogens with one attached hydrogen (secondary N) is 1. The van der Waals surface area contributed by atoms with Crippen LogP contribution in [-0.4, -0.2) is 18.0 Å². The minimum absolute atomic E-state index is 0.153. The number of hydrogen-bond donors (Lipinski definition) is 1. The van der Waals surface area contributed by atoms with E-state index in [9.17, 15) is 14.0 Å². The van der Waals surface area contributed by atoms with Crippen LogP contribution in [0.4, 0.5) is 10.1 Å². The molecule has 0 atom stereocenters. The normalized spacial score (nSPS) is 15.8. The second-order valence-corrected chi connectivity index (χ2v) is 4.63. The zero-order chi connectivity index (χ0) is 13.7. The van der Waals surface area contributed by atoms with Crippen molar-refractivity contribution in [1.82, 2.24) is 0 Å². The summed E-state index contributed by atoms with van der Waals surface area (Å²) in [7, 11) is 0. The average Bonchev–Trinajstić information content (AvgIpc) is 2.42. The summed E-state index contributed by atoms with van der Waals surface area (Å²) in [6.07, 6.45) is 4.68. The number of halogens is 1. The van der Waals surface area contributed by atoms with Crippen LogP contribution < -0.4 is 5.32 Å². The fourth-order valence-corrected chi connectivity index (χ4v) is 2.10. The van der Waals surface area contributed by atoms with Crippen LogP contribution in [-0.2, 0) is 14.3 Å². The van der Waals surface area contributed by atoms with E-state index >= 15 is 0 Å². The van der Waals surface area contributed by atoms with E-state index in [2.05, 4.69) is 5.32 Å². The Labute approximate surface area is 110 Å². The third kappa shape index (κ3) is 4.05. The van der Waals surface area contributed by atoms with Gasteiger partial charge in [-0.05, 0) is 49.9 Å². The average molecular weight is 265 g/mol. The molecule has 1 aliphatic carbocycles. The van der Waals surface area contributed by atoms with E-state index in [-0.39, 0.29) is 6.10 Å². The number of carbonyl (C=O) groups is 2. The molecule has 4 nitrogen and oxygen atoms in total. The van der Waals surface area contributed by atoms with E-state index in [0.29, 0.717) is 5.69 Å². The van der Waals surface area contributed by atoms with Gasteiger partial charge in [0.1, 0.15) is 11.9 Å². The van der Waals surface area contributed by atoms with Gasteiger partial charge in [0.05, 0.1) is 0 Å². The fraction of sp³-hybridized carbons (Fsp3) is 0.429. The molecule has 1 aromatic carbocycles. The lowest BCUT2D eigenvalue weighted by Gasteiger charge is -2.21. The Morgan fingerprint density at radius 2 is 1.74 bits per heavy atom. The van der Waals surface area contributed by atoms with Crippen molar-refractivity contribution in [2.75, 3.05) is 5.32 Å². The van der Waals surface area contributed by atoms with Gasteiger partial charge in [-0.15, -0.1) is 0 Å². The summed E-state index contributed by atoms with van der Waals surface area (Å²) in [4.78, 5) is 23.2. The zero-order valence-corrected chi connectivity index (χ0v) is 10.5. The van der Waals surface area contributed by atoms with Gasteiger partial charge in [0.25, 0.3) is 0 Å². The fourth-order valence-electron chi connectivity index (χ4n) is 2.10. The van der Waals surface area contributed by atoms with E-state index in [4.69, 9.17) is 4.74 Å². The molecule has 2 rings (SSSR count). The molecule has 1 fully saturated rings. The smallest absolute Gasteiger partial charge is 0.397 e. The molecule has 1 aromatic rings. The number of hydrogen-bond acceptors (Lipinski definition) is 3. The molecule has 1 N–H and O–H groups in total. The van der Waals surface area contributed by atoms with E-state index in [0.717, 1.165) is 32.1 Å². The van der Waals surface area contributed by atoms with Crippen LogP contribution in [0, 0.1) is 5.82 Å². The first kappa shape index (κ1) is 13.5. The van der Waals surface area contributed by atoms with Gasteiger partial charge < -0.3 is 10.1 Å². The molecular weight excluding hydrogens is 249 g/mol. The molecule has 0 saturated heterocycles. The molecule has 0 heterocycles. The molecule has 0 spiro atoms. The summed E-state index contributed by atoms with van der Waals surface area (Å²) < 4.78 is 17.8. The minimum atomic E-state index is -0.878. The van der Waals surface area contributed by atoms with E-state index < -0.39 is 17.7 Å². The predicted molar refractivity (Wildman–Crippen MR) is 68.0 cm³/mol. The number of esters is 1. The van der Waals surface area contributed by atoms with Gasteiger partial charge in [-0.25, -0.2) is 9.18 Å². The molecule has 1 amide bonds. The van der Waals surface area contributed by atoms with Crippen molar-refractivity contribution in [2.24, 2.45) is 0 Å². The highest BCUT2D eigenvalue weighted by molar-refractivity contribution is 6.37. The molecule has 0 bridgehead atoms. The number of ether oxygens (including phenoxy) is 1. The monoisotopic (exact) mass is 265 g/mol. The minimum Gasteiger partial charge on any atom is -0.455 e. The molecule has 0 unspecified atom stereocenters. The maximum absolute atomic E-state index is 12.7. The van der Waals surface area contributed by atoms with Gasteiger partial charge in [0.15, 0.2) is 0 Å². The summed E-state index contributed by atoms with van der Waals surface area (Å²) in [6, 6.07) is 5.20. The second kappa shape index (κ2) is 6.31. The summed E-state index contributed by atoms with van der Waals surface area (Å²) in [6.45, 7) is 0. The summed E-state index contributed by atoms with van der Waals surface area (Å²) in [5.74, 6) is -2.10. The van der Waals surface area contributed by atoms with Gasteiger partial charge in [0.2, 0.25) is 0 Å². The first-order valence-corrected chi connectivity index (χ1v) is 6.42.